The van der Waals surface area contributed by atoms with Crippen molar-refractivity contribution < 1.29 is 8.42 Å². The third-order valence-electron chi connectivity index (χ3n) is 9.73. The molecule has 3 aromatic carbocycles. The molecule has 0 atom stereocenters. The molecule has 49 heavy (non-hydrogen) atoms. The monoisotopic (exact) mass is 717 g/mol. The van der Waals surface area contributed by atoms with Gasteiger partial charge in [0.1, 0.15) is 0 Å². The Morgan fingerprint density at radius 3 is 2.22 bits per heavy atom. The van der Waals surface area contributed by atoms with Crippen LogP contribution < -0.4 is 5.32 Å². The van der Waals surface area contributed by atoms with E-state index in [9.17, 15) is 8.42 Å². The molecule has 3 heterocycles. The molecule has 0 bridgehead atoms. The highest BCUT2D eigenvalue weighted by Crippen LogP contribution is 2.33. The Labute approximate surface area is 301 Å². The summed E-state index contributed by atoms with van der Waals surface area (Å²) in [6, 6.07) is 21.8. The molecule has 4 aromatic rings. The van der Waals surface area contributed by atoms with Crippen LogP contribution in [0.3, 0.4) is 0 Å². The molecule has 2 aliphatic rings. The van der Waals surface area contributed by atoms with E-state index in [-0.39, 0.29) is 0 Å². The first-order chi connectivity index (χ1) is 23.4. The average Bonchev–Trinajstić information content (AvgIpc) is 3.44. The maximum atomic E-state index is 12.6. The van der Waals surface area contributed by atoms with Gasteiger partial charge in [-0.2, -0.15) is 9.40 Å². The Kier molecular flexibility index (Phi) is 11.2. The molecule has 6 rings (SSSR count). The fraction of sp³-hybridized carbons (Fsp3) is 0.410. The normalized spacial score (nSPS) is 16.6. The fourth-order valence-corrected chi connectivity index (χ4v) is 7.64. The SMILES string of the molecule is CC1(C)CCN(CCCn2nc(-c3ccc(Cl)c(C#Cc4ccc(CNCc5ccc(Cl)cc5)cc4)c3)c3c2CCN(S(C)(=O)=O)C3)CC1. The van der Waals surface area contributed by atoms with Crippen molar-refractivity contribution in [1.82, 2.24) is 24.3 Å². The van der Waals surface area contributed by atoms with Crippen molar-refractivity contribution in [1.29, 1.82) is 0 Å². The van der Waals surface area contributed by atoms with Crippen LogP contribution in [0.4, 0.5) is 0 Å². The van der Waals surface area contributed by atoms with E-state index < -0.39 is 10.0 Å². The van der Waals surface area contributed by atoms with Crippen molar-refractivity contribution in [3.8, 4) is 23.1 Å². The van der Waals surface area contributed by atoms with Gasteiger partial charge in [-0.1, -0.05) is 79.2 Å². The Morgan fingerprint density at radius 2 is 1.55 bits per heavy atom. The molecule has 0 saturated carbocycles. The molecular weight excluding hydrogens is 673 g/mol. The summed E-state index contributed by atoms with van der Waals surface area (Å²) in [5.74, 6) is 6.54. The topological polar surface area (TPSA) is 70.5 Å². The number of fused-ring (bicyclic) bond motifs is 1. The quantitative estimate of drug-likeness (QED) is 0.174. The zero-order valence-corrected chi connectivity index (χ0v) is 30.9. The summed E-state index contributed by atoms with van der Waals surface area (Å²) in [5, 5.41) is 9.87. The highest BCUT2D eigenvalue weighted by Gasteiger charge is 2.30. The van der Waals surface area contributed by atoms with Gasteiger partial charge in [-0.3, -0.25) is 4.68 Å². The zero-order chi connectivity index (χ0) is 34.6. The lowest BCUT2D eigenvalue weighted by Crippen LogP contribution is -2.38. The van der Waals surface area contributed by atoms with Gasteiger partial charge in [0, 0.05) is 72.1 Å². The molecule has 1 saturated heterocycles. The molecule has 1 N–H and O–H groups in total. The minimum absolute atomic E-state index is 0.315. The van der Waals surface area contributed by atoms with Gasteiger partial charge in [0.15, 0.2) is 0 Å². The summed E-state index contributed by atoms with van der Waals surface area (Å²) in [7, 11) is -3.34. The van der Waals surface area contributed by atoms with Crippen molar-refractivity contribution in [3.05, 3.63) is 110 Å². The van der Waals surface area contributed by atoms with Gasteiger partial charge < -0.3 is 10.2 Å². The average molecular weight is 719 g/mol. The summed E-state index contributed by atoms with van der Waals surface area (Å²) in [6.45, 7) is 11.1. The number of sulfonamides is 1. The maximum absolute atomic E-state index is 12.6. The predicted molar refractivity (Wildman–Crippen MR) is 200 cm³/mol. The second kappa shape index (κ2) is 15.4. The third-order valence-corrected chi connectivity index (χ3v) is 11.6. The highest BCUT2D eigenvalue weighted by molar-refractivity contribution is 7.88. The second-order valence-electron chi connectivity index (χ2n) is 14.1. The standard InChI is InChI=1S/C39H45Cl2N5O2S/c1-39(2)18-23-44(24-19-39)20-4-21-46-37-17-22-45(49(3,47)48)28-35(37)38(43-46)33-13-16-36(41)32(25-33)12-9-29-5-7-30(8-6-29)26-42-27-31-10-14-34(40)15-11-31/h5-8,10-11,13-16,25,42H,4,17-24,26-28H2,1-3H3. The predicted octanol–water partition coefficient (Wildman–Crippen LogP) is 7.38. The van der Waals surface area contributed by atoms with Crippen molar-refractivity contribution in [2.75, 3.05) is 32.4 Å². The molecule has 2 aliphatic heterocycles. The molecule has 0 spiro atoms. The van der Waals surface area contributed by atoms with Gasteiger partial charge in [0.25, 0.3) is 0 Å². The molecule has 0 unspecified atom stereocenters. The van der Waals surface area contributed by atoms with Crippen molar-refractivity contribution >= 4 is 33.2 Å². The van der Waals surface area contributed by atoms with Gasteiger partial charge in [0.2, 0.25) is 10.0 Å². The Balaban J connectivity index is 1.17. The first kappa shape index (κ1) is 35.7. The largest absolute Gasteiger partial charge is 0.309 e. The minimum Gasteiger partial charge on any atom is -0.309 e. The number of nitrogens with zero attached hydrogens (tertiary/aromatic N) is 4. The Hall–Kier alpha value is -3.16. The smallest absolute Gasteiger partial charge is 0.211 e. The highest BCUT2D eigenvalue weighted by atomic mass is 35.5. The van der Waals surface area contributed by atoms with Crippen LogP contribution >= 0.6 is 23.2 Å². The third kappa shape index (κ3) is 9.35. The van der Waals surface area contributed by atoms with E-state index in [4.69, 9.17) is 28.3 Å². The van der Waals surface area contributed by atoms with Gasteiger partial charge >= 0.3 is 0 Å². The molecule has 1 fully saturated rings. The lowest BCUT2D eigenvalue weighted by atomic mass is 9.83. The van der Waals surface area contributed by atoms with E-state index in [0.29, 0.717) is 35.5 Å². The number of nitrogens with one attached hydrogen (secondary N) is 1. The van der Waals surface area contributed by atoms with Crippen LogP contribution in [-0.2, 0) is 42.6 Å². The van der Waals surface area contributed by atoms with Crippen LogP contribution in [-0.4, -0.2) is 59.8 Å². The summed E-state index contributed by atoms with van der Waals surface area (Å²) in [5.41, 5.74) is 8.17. The van der Waals surface area contributed by atoms with Crippen LogP contribution in [0.1, 0.15) is 66.6 Å². The fourth-order valence-electron chi connectivity index (χ4n) is 6.56. The molecule has 0 amide bonds. The number of benzene rings is 3. The lowest BCUT2D eigenvalue weighted by Gasteiger charge is -2.36. The molecule has 1 aromatic heterocycles. The summed E-state index contributed by atoms with van der Waals surface area (Å²) >= 11 is 12.6. The molecule has 0 aliphatic carbocycles. The molecule has 258 valence electrons. The number of aryl methyl sites for hydroxylation is 1. The maximum Gasteiger partial charge on any atom is 0.211 e. The van der Waals surface area contributed by atoms with Crippen LogP contribution in [0.2, 0.25) is 10.0 Å². The summed E-state index contributed by atoms with van der Waals surface area (Å²) in [4.78, 5) is 2.56. The van der Waals surface area contributed by atoms with E-state index in [1.807, 2.05) is 54.6 Å². The summed E-state index contributed by atoms with van der Waals surface area (Å²) in [6.07, 6.45) is 5.37. The van der Waals surface area contributed by atoms with Crippen LogP contribution in [0.5, 0.6) is 0 Å². The van der Waals surface area contributed by atoms with E-state index in [1.165, 1.54) is 30.2 Å². The number of rotatable bonds is 10. The molecular formula is C39H45Cl2N5O2S. The molecule has 10 heteroatoms. The first-order valence-corrected chi connectivity index (χ1v) is 19.7. The second-order valence-corrected chi connectivity index (χ2v) is 16.9. The van der Waals surface area contributed by atoms with Crippen LogP contribution in [0, 0.1) is 17.3 Å². The number of likely N-dealkylation sites (tertiary alicyclic amines) is 1. The van der Waals surface area contributed by atoms with Gasteiger partial charge in [-0.25, -0.2) is 8.42 Å². The van der Waals surface area contributed by atoms with Gasteiger partial charge in [-0.05, 0) is 91.8 Å². The number of hydrogen-bond acceptors (Lipinski definition) is 5. The van der Waals surface area contributed by atoms with Crippen LogP contribution in [0.25, 0.3) is 11.3 Å². The molecule has 7 nitrogen and oxygen atoms in total. The van der Waals surface area contributed by atoms with Crippen LogP contribution in [0.15, 0.2) is 66.7 Å². The number of aromatic nitrogens is 2. The van der Waals surface area contributed by atoms with E-state index in [0.717, 1.165) is 78.8 Å². The first-order valence-electron chi connectivity index (χ1n) is 17.1. The molecule has 0 radical (unpaired) electrons. The minimum atomic E-state index is -3.34. The van der Waals surface area contributed by atoms with E-state index >= 15 is 0 Å². The number of piperidine rings is 1. The van der Waals surface area contributed by atoms with Gasteiger partial charge in [0.05, 0.1) is 17.0 Å². The Morgan fingerprint density at radius 1 is 0.878 bits per heavy atom. The van der Waals surface area contributed by atoms with Gasteiger partial charge in [-0.15, -0.1) is 0 Å². The Bertz CT molecular complexity index is 1930. The summed E-state index contributed by atoms with van der Waals surface area (Å²) < 4.78 is 28.8. The van der Waals surface area contributed by atoms with Crippen molar-refractivity contribution in [3.63, 3.8) is 0 Å². The van der Waals surface area contributed by atoms with E-state index in [1.54, 1.807) is 4.31 Å². The zero-order valence-electron chi connectivity index (χ0n) is 28.6. The number of hydrogen-bond donors (Lipinski definition) is 1. The van der Waals surface area contributed by atoms with E-state index in [2.05, 4.69) is 52.7 Å². The number of halogens is 2. The van der Waals surface area contributed by atoms with Crippen molar-refractivity contribution in [2.24, 2.45) is 5.41 Å². The lowest BCUT2D eigenvalue weighted by molar-refractivity contribution is 0.130. The van der Waals surface area contributed by atoms with Crippen molar-refractivity contribution in [2.45, 2.75) is 65.7 Å².